The third kappa shape index (κ3) is 4.83. The highest BCUT2D eigenvalue weighted by molar-refractivity contribution is 6.17. The van der Waals surface area contributed by atoms with Crippen molar-refractivity contribution in [3.63, 3.8) is 0 Å². The van der Waals surface area contributed by atoms with Gasteiger partial charge in [0.15, 0.2) is 0 Å². The number of hydrogen-bond acceptors (Lipinski definition) is 2. The first-order valence-electron chi connectivity index (χ1n) is 16.4. The highest BCUT2D eigenvalue weighted by atomic mass is 16.3. The smallest absolute Gasteiger partial charge is 0.143 e. The van der Waals surface area contributed by atoms with Crippen molar-refractivity contribution in [2.75, 3.05) is 4.90 Å². The molecule has 0 saturated heterocycles. The third-order valence-corrected chi connectivity index (χ3v) is 9.29. The number of nitrogens with zero attached hydrogens (tertiary/aromatic N) is 1. The van der Waals surface area contributed by atoms with Gasteiger partial charge < -0.3 is 9.32 Å². The summed E-state index contributed by atoms with van der Waals surface area (Å²) >= 11 is 0. The molecule has 0 radical (unpaired) electrons. The number of anilines is 3. The van der Waals surface area contributed by atoms with Crippen LogP contribution in [0.25, 0.3) is 66.1 Å². The summed E-state index contributed by atoms with van der Waals surface area (Å²) in [6.45, 7) is 0. The van der Waals surface area contributed by atoms with Gasteiger partial charge in [0.05, 0.1) is 5.69 Å². The molecule has 8 aromatic carbocycles. The van der Waals surface area contributed by atoms with Gasteiger partial charge in [0.25, 0.3) is 0 Å². The van der Waals surface area contributed by atoms with E-state index in [0.717, 1.165) is 55.5 Å². The van der Waals surface area contributed by atoms with Crippen LogP contribution in [-0.2, 0) is 0 Å². The van der Waals surface area contributed by atoms with Crippen molar-refractivity contribution in [2.24, 2.45) is 0 Å². The lowest BCUT2D eigenvalue weighted by Gasteiger charge is -2.28. The Morgan fingerprint density at radius 1 is 0.312 bits per heavy atom. The average molecular weight is 614 g/mol. The topological polar surface area (TPSA) is 16.4 Å². The molecule has 226 valence electrons. The van der Waals surface area contributed by atoms with E-state index in [-0.39, 0.29) is 0 Å². The first-order valence-corrected chi connectivity index (χ1v) is 16.4. The van der Waals surface area contributed by atoms with Gasteiger partial charge in [-0.2, -0.15) is 0 Å². The molecule has 0 spiro atoms. The van der Waals surface area contributed by atoms with Crippen LogP contribution in [-0.4, -0.2) is 0 Å². The molecule has 2 heteroatoms. The number of benzene rings is 8. The molecule has 0 bridgehead atoms. The second-order valence-electron chi connectivity index (χ2n) is 12.1. The maximum absolute atomic E-state index is 6.78. The maximum atomic E-state index is 6.78. The Balaban J connectivity index is 1.16. The standard InChI is InChI=1S/C46H31NO/c1-3-12-32(13-4-1)33-22-24-34(25-23-33)35-26-29-38(30-27-35)47(37-15-5-2-6-16-37)44-21-10-9-18-40(44)41-19-11-20-42-43-31-28-36-14-7-8-17-39(36)45(43)48-46(41)42/h1-31H. The fraction of sp³-hybridized carbons (Fsp3) is 0. The number of fused-ring (bicyclic) bond motifs is 5. The fourth-order valence-electron chi connectivity index (χ4n) is 6.93. The summed E-state index contributed by atoms with van der Waals surface area (Å²) in [6.07, 6.45) is 0. The van der Waals surface area contributed by atoms with E-state index in [4.69, 9.17) is 4.42 Å². The number of para-hydroxylation sites is 3. The van der Waals surface area contributed by atoms with E-state index in [0.29, 0.717) is 0 Å². The van der Waals surface area contributed by atoms with Crippen LogP contribution >= 0.6 is 0 Å². The molecule has 9 aromatic rings. The van der Waals surface area contributed by atoms with Gasteiger partial charge in [-0.25, -0.2) is 0 Å². The van der Waals surface area contributed by atoms with Gasteiger partial charge >= 0.3 is 0 Å². The predicted octanol–water partition coefficient (Wildman–Crippen LogP) is 13.2. The molecule has 0 aliphatic carbocycles. The number of hydrogen-bond donors (Lipinski definition) is 0. The SMILES string of the molecule is c1ccc(-c2ccc(-c3ccc(N(c4ccccc4)c4ccccc4-c4cccc5c4oc4c6ccccc6ccc54)cc3)cc2)cc1. The molecule has 1 aromatic heterocycles. The third-order valence-electron chi connectivity index (χ3n) is 9.29. The maximum Gasteiger partial charge on any atom is 0.143 e. The van der Waals surface area contributed by atoms with E-state index in [1.54, 1.807) is 0 Å². The summed E-state index contributed by atoms with van der Waals surface area (Å²) in [5, 5.41) is 4.57. The normalized spacial score (nSPS) is 11.3. The highest BCUT2D eigenvalue weighted by Crippen LogP contribution is 2.45. The molecule has 9 rings (SSSR count). The van der Waals surface area contributed by atoms with Crippen LogP contribution in [0.1, 0.15) is 0 Å². The van der Waals surface area contributed by atoms with Gasteiger partial charge in [-0.15, -0.1) is 0 Å². The molecule has 2 nitrogen and oxygen atoms in total. The van der Waals surface area contributed by atoms with Crippen molar-refractivity contribution in [3.8, 4) is 33.4 Å². The van der Waals surface area contributed by atoms with Gasteiger partial charge in [-0.1, -0.05) is 152 Å². The fourth-order valence-corrected chi connectivity index (χ4v) is 6.93. The Labute approximate surface area is 279 Å². The zero-order chi connectivity index (χ0) is 31.9. The van der Waals surface area contributed by atoms with Crippen molar-refractivity contribution in [1.29, 1.82) is 0 Å². The van der Waals surface area contributed by atoms with Crippen molar-refractivity contribution >= 4 is 49.8 Å². The molecule has 48 heavy (non-hydrogen) atoms. The lowest BCUT2D eigenvalue weighted by molar-refractivity contribution is 0.674. The van der Waals surface area contributed by atoms with Crippen LogP contribution in [0.5, 0.6) is 0 Å². The van der Waals surface area contributed by atoms with E-state index < -0.39 is 0 Å². The Morgan fingerprint density at radius 2 is 0.833 bits per heavy atom. The Bertz CT molecular complexity index is 2530. The van der Waals surface area contributed by atoms with E-state index in [9.17, 15) is 0 Å². The molecule has 0 N–H and O–H groups in total. The summed E-state index contributed by atoms with van der Waals surface area (Å²) in [5.74, 6) is 0. The highest BCUT2D eigenvalue weighted by Gasteiger charge is 2.20. The molecule has 0 saturated carbocycles. The van der Waals surface area contributed by atoms with Crippen LogP contribution in [0.4, 0.5) is 17.1 Å². The number of furan rings is 1. The second kappa shape index (κ2) is 11.8. The summed E-state index contributed by atoms with van der Waals surface area (Å²) < 4.78 is 6.78. The molecule has 0 atom stereocenters. The van der Waals surface area contributed by atoms with E-state index in [2.05, 4.69) is 193 Å². The lowest BCUT2D eigenvalue weighted by Crippen LogP contribution is -2.11. The minimum absolute atomic E-state index is 0.901. The minimum Gasteiger partial charge on any atom is -0.455 e. The van der Waals surface area contributed by atoms with Gasteiger partial charge in [0, 0.05) is 38.7 Å². The first-order chi connectivity index (χ1) is 23.8. The molecule has 0 aliphatic heterocycles. The minimum atomic E-state index is 0.901. The quantitative estimate of drug-likeness (QED) is 0.185. The van der Waals surface area contributed by atoms with Crippen molar-refractivity contribution in [1.82, 2.24) is 0 Å². The van der Waals surface area contributed by atoms with Crippen LogP contribution in [0, 0.1) is 0 Å². The van der Waals surface area contributed by atoms with Crippen molar-refractivity contribution < 1.29 is 4.42 Å². The zero-order valence-electron chi connectivity index (χ0n) is 26.3. The predicted molar refractivity (Wildman–Crippen MR) is 202 cm³/mol. The van der Waals surface area contributed by atoms with Crippen LogP contribution in [0.15, 0.2) is 192 Å². The lowest BCUT2D eigenvalue weighted by atomic mass is 9.98. The van der Waals surface area contributed by atoms with Gasteiger partial charge in [0.2, 0.25) is 0 Å². The van der Waals surface area contributed by atoms with E-state index >= 15 is 0 Å². The molecular weight excluding hydrogens is 583 g/mol. The summed E-state index contributed by atoms with van der Waals surface area (Å²) in [7, 11) is 0. The summed E-state index contributed by atoms with van der Waals surface area (Å²) in [4.78, 5) is 2.34. The first kappa shape index (κ1) is 27.9. The van der Waals surface area contributed by atoms with Crippen molar-refractivity contribution in [3.05, 3.63) is 188 Å². The molecule has 0 aliphatic rings. The van der Waals surface area contributed by atoms with Gasteiger partial charge in [0.1, 0.15) is 11.2 Å². The van der Waals surface area contributed by atoms with E-state index in [1.807, 2.05) is 0 Å². The van der Waals surface area contributed by atoms with Crippen molar-refractivity contribution in [2.45, 2.75) is 0 Å². The molecule has 0 unspecified atom stereocenters. The largest absolute Gasteiger partial charge is 0.455 e. The van der Waals surface area contributed by atoms with Gasteiger partial charge in [-0.3, -0.25) is 0 Å². The monoisotopic (exact) mass is 613 g/mol. The van der Waals surface area contributed by atoms with Crippen LogP contribution < -0.4 is 4.90 Å². The molecule has 1 heterocycles. The number of rotatable bonds is 6. The Kier molecular flexibility index (Phi) is 6.84. The van der Waals surface area contributed by atoms with E-state index in [1.165, 1.54) is 27.6 Å². The second-order valence-corrected chi connectivity index (χ2v) is 12.1. The van der Waals surface area contributed by atoms with Crippen LogP contribution in [0.2, 0.25) is 0 Å². The molecular formula is C46H31NO. The average Bonchev–Trinajstić information content (AvgIpc) is 3.56. The molecule has 0 amide bonds. The summed E-state index contributed by atoms with van der Waals surface area (Å²) in [6, 6.07) is 66.7. The molecule has 0 fully saturated rings. The van der Waals surface area contributed by atoms with Crippen LogP contribution in [0.3, 0.4) is 0 Å². The Hall–Kier alpha value is -6.38. The Morgan fingerprint density at radius 3 is 1.58 bits per heavy atom. The van der Waals surface area contributed by atoms with Gasteiger partial charge in [-0.05, 0) is 64.0 Å². The summed E-state index contributed by atoms with van der Waals surface area (Å²) in [5.41, 5.74) is 12.1. The zero-order valence-corrected chi connectivity index (χ0v) is 26.3.